The van der Waals surface area contributed by atoms with Gasteiger partial charge in [-0.2, -0.15) is 0 Å². The Balaban J connectivity index is 1.82. The summed E-state index contributed by atoms with van der Waals surface area (Å²) in [7, 11) is 2.99. The van der Waals surface area contributed by atoms with Crippen LogP contribution in [0.15, 0.2) is 47.5 Å². The maximum atomic E-state index is 13.0. The Morgan fingerprint density at radius 1 is 0.963 bits per heavy atom. The largest absolute Gasteiger partial charge is 0.493 e. The molecule has 2 aromatic carbocycles. The second-order valence-electron chi connectivity index (χ2n) is 5.90. The molecule has 1 heterocycles. The average molecular weight is 390 g/mol. The van der Waals surface area contributed by atoms with Crippen LogP contribution in [0.2, 0.25) is 0 Å². The third kappa shape index (κ3) is 3.66. The van der Waals surface area contributed by atoms with Gasteiger partial charge in [-0.05, 0) is 41.8 Å². The number of nitrogens with zero attached hydrogens (tertiary/aromatic N) is 1. The van der Waals surface area contributed by atoms with Crippen molar-refractivity contribution in [2.75, 3.05) is 20.8 Å². The van der Waals surface area contributed by atoms with Crippen molar-refractivity contribution in [3.63, 3.8) is 0 Å². The first-order valence-electron chi connectivity index (χ1n) is 8.19. The van der Waals surface area contributed by atoms with Gasteiger partial charge >= 0.3 is 0 Å². The van der Waals surface area contributed by atoms with Crippen LogP contribution in [0.3, 0.4) is 0 Å². The summed E-state index contributed by atoms with van der Waals surface area (Å²) in [6.45, 7) is 0.149. The van der Waals surface area contributed by atoms with Gasteiger partial charge in [0.25, 0.3) is 11.8 Å². The molecule has 7 heteroatoms. The Bertz CT molecular complexity index is 924. The van der Waals surface area contributed by atoms with E-state index in [4.69, 9.17) is 21.1 Å². The summed E-state index contributed by atoms with van der Waals surface area (Å²) >= 11 is 6.17. The number of hydrogen-bond acceptors (Lipinski definition) is 4. The summed E-state index contributed by atoms with van der Waals surface area (Å²) in [5.41, 5.74) is 1.41. The van der Waals surface area contributed by atoms with E-state index in [1.54, 1.807) is 30.3 Å². The number of amides is 2. The van der Waals surface area contributed by atoms with E-state index in [0.717, 1.165) is 10.5 Å². The number of benzene rings is 2. The van der Waals surface area contributed by atoms with Crippen molar-refractivity contribution in [3.8, 4) is 11.5 Å². The van der Waals surface area contributed by atoms with Crippen LogP contribution in [-0.2, 0) is 16.0 Å². The minimum atomic E-state index is -0.548. The van der Waals surface area contributed by atoms with E-state index < -0.39 is 11.8 Å². The highest BCUT2D eigenvalue weighted by Crippen LogP contribution is 2.36. The van der Waals surface area contributed by atoms with Crippen LogP contribution < -0.4 is 9.47 Å². The fourth-order valence-electron chi connectivity index (χ4n) is 2.88. The molecule has 2 amide bonds. The van der Waals surface area contributed by atoms with E-state index in [-0.39, 0.29) is 23.0 Å². The van der Waals surface area contributed by atoms with Gasteiger partial charge in [0.05, 0.1) is 19.8 Å². The molecule has 0 saturated carbocycles. The Kier molecular flexibility index (Phi) is 5.46. The summed E-state index contributed by atoms with van der Waals surface area (Å²) in [6, 6.07) is 10.8. The molecular formula is C20H17ClFNO4. The van der Waals surface area contributed by atoms with E-state index in [1.807, 2.05) is 0 Å². The highest BCUT2D eigenvalue weighted by atomic mass is 35.5. The molecule has 0 saturated heterocycles. The molecule has 3 rings (SSSR count). The lowest BCUT2D eigenvalue weighted by Gasteiger charge is -2.15. The molecular weight excluding hydrogens is 373 g/mol. The topological polar surface area (TPSA) is 55.8 Å². The predicted molar refractivity (Wildman–Crippen MR) is 99.1 cm³/mol. The molecule has 0 aliphatic carbocycles. The quantitative estimate of drug-likeness (QED) is 0.710. The lowest BCUT2D eigenvalue weighted by atomic mass is 10.1. The molecule has 0 N–H and O–H groups in total. The number of carbonyl (C=O) groups excluding carboxylic acids is 2. The number of ether oxygens (including phenoxy) is 2. The van der Waals surface area contributed by atoms with E-state index in [0.29, 0.717) is 23.5 Å². The fraction of sp³-hybridized carbons (Fsp3) is 0.200. The van der Waals surface area contributed by atoms with Gasteiger partial charge in [0.15, 0.2) is 11.5 Å². The fourth-order valence-corrected chi connectivity index (χ4v) is 3.18. The zero-order chi connectivity index (χ0) is 19.6. The van der Waals surface area contributed by atoms with Crippen molar-refractivity contribution < 1.29 is 23.5 Å². The van der Waals surface area contributed by atoms with Crippen molar-refractivity contribution in [2.45, 2.75) is 6.42 Å². The second kappa shape index (κ2) is 7.80. The normalized spacial score (nSPS) is 14.1. The van der Waals surface area contributed by atoms with Gasteiger partial charge in [-0.15, -0.1) is 0 Å². The highest BCUT2D eigenvalue weighted by molar-refractivity contribution is 6.55. The lowest BCUT2D eigenvalue weighted by molar-refractivity contribution is -0.136. The zero-order valence-electron chi connectivity index (χ0n) is 14.8. The predicted octanol–water partition coefficient (Wildman–Crippen LogP) is 3.40. The van der Waals surface area contributed by atoms with Crippen LogP contribution in [0.4, 0.5) is 4.39 Å². The first-order valence-corrected chi connectivity index (χ1v) is 8.57. The Morgan fingerprint density at radius 3 is 2.26 bits per heavy atom. The van der Waals surface area contributed by atoms with Crippen molar-refractivity contribution in [3.05, 3.63) is 64.4 Å². The van der Waals surface area contributed by atoms with E-state index in [9.17, 15) is 14.0 Å². The smallest absolute Gasteiger partial charge is 0.273 e. The molecule has 2 aromatic rings. The molecule has 0 unspecified atom stereocenters. The number of hydrogen-bond donors (Lipinski definition) is 0. The number of carbonyl (C=O) groups is 2. The molecule has 0 spiro atoms. The average Bonchev–Trinajstić information content (AvgIpc) is 2.89. The molecule has 5 nitrogen and oxygen atoms in total. The van der Waals surface area contributed by atoms with Crippen molar-refractivity contribution >= 4 is 29.0 Å². The first kappa shape index (κ1) is 18.9. The SMILES string of the molecule is COc1ccc(C2=C(Cl)C(=O)N(CCc3ccc(F)cc3)C2=O)cc1OC. The van der Waals surface area contributed by atoms with Gasteiger partial charge in [-0.1, -0.05) is 29.8 Å². The highest BCUT2D eigenvalue weighted by Gasteiger charge is 2.38. The maximum Gasteiger partial charge on any atom is 0.273 e. The number of imide groups is 1. The van der Waals surface area contributed by atoms with Crippen LogP contribution in [0, 0.1) is 5.82 Å². The third-order valence-corrected chi connectivity index (χ3v) is 4.67. The van der Waals surface area contributed by atoms with Gasteiger partial charge in [-0.3, -0.25) is 14.5 Å². The summed E-state index contributed by atoms with van der Waals surface area (Å²) in [4.78, 5) is 26.3. The minimum absolute atomic E-state index is 0.127. The van der Waals surface area contributed by atoms with E-state index >= 15 is 0 Å². The monoisotopic (exact) mass is 389 g/mol. The van der Waals surface area contributed by atoms with E-state index in [1.165, 1.54) is 26.4 Å². The summed E-state index contributed by atoms with van der Waals surface area (Å²) in [5.74, 6) is -0.430. The van der Waals surface area contributed by atoms with E-state index in [2.05, 4.69) is 0 Å². The molecule has 1 aliphatic rings. The Morgan fingerprint density at radius 2 is 1.63 bits per heavy atom. The number of rotatable bonds is 6. The van der Waals surface area contributed by atoms with Gasteiger partial charge in [0.1, 0.15) is 10.8 Å². The van der Waals surface area contributed by atoms with Crippen molar-refractivity contribution in [1.82, 2.24) is 4.90 Å². The van der Waals surface area contributed by atoms with Gasteiger partial charge in [0.2, 0.25) is 0 Å². The van der Waals surface area contributed by atoms with Crippen molar-refractivity contribution in [1.29, 1.82) is 0 Å². The van der Waals surface area contributed by atoms with Crippen molar-refractivity contribution in [2.24, 2.45) is 0 Å². The number of halogens is 2. The Hall–Kier alpha value is -2.86. The van der Waals surface area contributed by atoms with Crippen LogP contribution >= 0.6 is 11.6 Å². The zero-order valence-corrected chi connectivity index (χ0v) is 15.5. The summed E-state index contributed by atoms with van der Waals surface area (Å²) in [6.07, 6.45) is 0.404. The van der Waals surface area contributed by atoms with Crippen LogP contribution in [0.5, 0.6) is 11.5 Å². The molecule has 0 aromatic heterocycles. The minimum Gasteiger partial charge on any atom is -0.493 e. The van der Waals surface area contributed by atoms with Crippen LogP contribution in [-0.4, -0.2) is 37.5 Å². The molecule has 140 valence electrons. The molecule has 0 fully saturated rings. The summed E-state index contributed by atoms with van der Waals surface area (Å²) < 4.78 is 23.4. The lowest BCUT2D eigenvalue weighted by Crippen LogP contribution is -2.33. The molecule has 0 radical (unpaired) electrons. The Labute approximate surface area is 160 Å². The molecule has 0 atom stereocenters. The molecule has 27 heavy (non-hydrogen) atoms. The maximum absolute atomic E-state index is 13.0. The van der Waals surface area contributed by atoms with Gasteiger partial charge in [0, 0.05) is 6.54 Å². The van der Waals surface area contributed by atoms with Crippen LogP contribution in [0.1, 0.15) is 11.1 Å². The molecule has 1 aliphatic heterocycles. The summed E-state index contributed by atoms with van der Waals surface area (Å²) in [5, 5.41) is -0.133. The van der Waals surface area contributed by atoms with Gasteiger partial charge < -0.3 is 9.47 Å². The van der Waals surface area contributed by atoms with Crippen LogP contribution in [0.25, 0.3) is 5.57 Å². The van der Waals surface area contributed by atoms with Gasteiger partial charge in [-0.25, -0.2) is 4.39 Å². The molecule has 0 bridgehead atoms. The standard InChI is InChI=1S/C20H17ClFNO4/c1-26-15-8-5-13(11-16(15)27-2)17-18(21)20(25)23(19(17)24)10-9-12-3-6-14(22)7-4-12/h3-8,11H,9-10H2,1-2H3. The first-order chi connectivity index (χ1) is 13.0. The third-order valence-electron chi connectivity index (χ3n) is 4.32. The second-order valence-corrected chi connectivity index (χ2v) is 6.28. The number of methoxy groups -OCH3 is 2.